The molecule has 0 radical (unpaired) electrons. The molecule has 1 fully saturated rings. The average molecular weight is 437 g/mol. The molecule has 0 unspecified atom stereocenters. The van der Waals surface area contributed by atoms with Crippen LogP contribution in [0, 0.1) is 0 Å². The minimum Gasteiger partial charge on any atom is -0.493 e. The number of halogens is 1. The minimum absolute atomic E-state index is 0. The Hall–Kier alpha value is -1.56. The molecule has 1 aliphatic rings. The predicted molar refractivity (Wildman–Crippen MR) is 127 cm³/mol. The van der Waals surface area contributed by atoms with Gasteiger partial charge in [-0.25, -0.2) is 0 Å². The predicted octanol–water partition coefficient (Wildman–Crippen LogP) is 4.99. The molecule has 0 amide bonds. The van der Waals surface area contributed by atoms with E-state index in [4.69, 9.17) is 9.47 Å². The summed E-state index contributed by atoms with van der Waals surface area (Å²) in [6.07, 6.45) is 5.66. The van der Waals surface area contributed by atoms with E-state index in [9.17, 15) is 0 Å². The van der Waals surface area contributed by atoms with E-state index in [1.165, 1.54) is 35.5 Å². The highest BCUT2D eigenvalue weighted by Gasteiger charge is 2.17. The molecule has 4 nitrogen and oxygen atoms in total. The van der Waals surface area contributed by atoms with Gasteiger partial charge in [0.1, 0.15) is 0 Å². The quantitative estimate of drug-likeness (QED) is 0.407. The van der Waals surface area contributed by atoms with Crippen LogP contribution in [0.4, 0.5) is 5.69 Å². The van der Waals surface area contributed by atoms with Crippen molar-refractivity contribution in [3.8, 4) is 11.5 Å². The molecule has 0 spiro atoms. The first kappa shape index (κ1) is 23.7. The second-order valence-electron chi connectivity index (χ2n) is 7.18. The smallest absolute Gasteiger partial charge is 0.160 e. The second-order valence-corrected chi connectivity index (χ2v) is 8.06. The zero-order valence-corrected chi connectivity index (χ0v) is 19.4. The van der Waals surface area contributed by atoms with Crippen LogP contribution in [0.3, 0.4) is 0 Å². The van der Waals surface area contributed by atoms with Gasteiger partial charge in [-0.15, -0.1) is 24.2 Å². The summed E-state index contributed by atoms with van der Waals surface area (Å²) in [5.41, 5.74) is 2.68. The van der Waals surface area contributed by atoms with E-state index in [1.54, 1.807) is 14.2 Å². The van der Waals surface area contributed by atoms with Crippen molar-refractivity contribution in [1.82, 2.24) is 4.90 Å². The number of nitrogens with zero attached hydrogens (tertiary/aromatic N) is 2. The third kappa shape index (κ3) is 6.73. The fourth-order valence-corrected chi connectivity index (χ4v) is 4.19. The number of piperazine rings is 1. The Morgan fingerprint density at radius 1 is 0.897 bits per heavy atom. The summed E-state index contributed by atoms with van der Waals surface area (Å²) in [4.78, 5) is 6.46. The summed E-state index contributed by atoms with van der Waals surface area (Å²) in [7, 11) is 3.37. The van der Waals surface area contributed by atoms with Gasteiger partial charge in [0.25, 0.3) is 0 Å². The minimum atomic E-state index is 0. The Kier molecular flexibility index (Phi) is 9.98. The molecule has 0 aliphatic carbocycles. The number of rotatable bonds is 9. The molecule has 2 aromatic rings. The van der Waals surface area contributed by atoms with Crippen molar-refractivity contribution in [2.24, 2.45) is 0 Å². The van der Waals surface area contributed by atoms with Crippen LogP contribution in [-0.2, 0) is 6.42 Å². The Morgan fingerprint density at radius 3 is 2.34 bits per heavy atom. The summed E-state index contributed by atoms with van der Waals surface area (Å²) in [6.45, 7) is 5.73. The SMILES string of the molecule is COc1ccc(CCCCN2CCN(c3cccc(SC)c3)CC2)cc1OC.Cl. The molecular formula is C23H33ClN2O2S. The van der Waals surface area contributed by atoms with Gasteiger partial charge in [0.15, 0.2) is 11.5 Å². The number of unbranched alkanes of at least 4 members (excludes halogenated alkanes) is 1. The van der Waals surface area contributed by atoms with Crippen LogP contribution in [0.15, 0.2) is 47.4 Å². The largest absolute Gasteiger partial charge is 0.493 e. The molecule has 1 aliphatic heterocycles. The van der Waals surface area contributed by atoms with E-state index in [2.05, 4.69) is 52.5 Å². The zero-order chi connectivity index (χ0) is 19.8. The average Bonchev–Trinajstić information content (AvgIpc) is 2.77. The summed E-state index contributed by atoms with van der Waals surface area (Å²) < 4.78 is 10.7. The van der Waals surface area contributed by atoms with Crippen LogP contribution in [0.2, 0.25) is 0 Å². The third-order valence-electron chi connectivity index (χ3n) is 5.43. The van der Waals surface area contributed by atoms with E-state index in [0.29, 0.717) is 0 Å². The van der Waals surface area contributed by atoms with Gasteiger partial charge in [-0.3, -0.25) is 4.90 Å². The van der Waals surface area contributed by atoms with E-state index in [1.807, 2.05) is 17.8 Å². The maximum Gasteiger partial charge on any atom is 0.160 e. The van der Waals surface area contributed by atoms with E-state index in [-0.39, 0.29) is 12.4 Å². The molecule has 1 heterocycles. The molecule has 0 aromatic heterocycles. The van der Waals surface area contributed by atoms with Crippen LogP contribution < -0.4 is 14.4 Å². The van der Waals surface area contributed by atoms with Crippen molar-refractivity contribution in [1.29, 1.82) is 0 Å². The molecule has 0 N–H and O–H groups in total. The normalized spacial score (nSPS) is 14.4. The Labute approximate surface area is 186 Å². The lowest BCUT2D eigenvalue weighted by molar-refractivity contribution is 0.253. The highest BCUT2D eigenvalue weighted by Crippen LogP contribution is 2.28. The van der Waals surface area contributed by atoms with Crippen molar-refractivity contribution in [2.75, 3.05) is 58.1 Å². The standard InChI is InChI=1S/C23H32N2O2S.ClH/c1-26-22-11-10-19(17-23(22)27-2)7-4-5-12-24-13-15-25(16-14-24)20-8-6-9-21(18-20)28-3;/h6,8-11,17-18H,4-5,7,12-16H2,1-3H3;1H. The molecule has 1 saturated heterocycles. The maximum atomic E-state index is 5.40. The molecule has 6 heteroatoms. The van der Waals surface area contributed by atoms with Crippen molar-refractivity contribution in [3.63, 3.8) is 0 Å². The first-order chi connectivity index (χ1) is 13.7. The van der Waals surface area contributed by atoms with Gasteiger partial charge in [0.2, 0.25) is 0 Å². The molecule has 0 atom stereocenters. The van der Waals surface area contributed by atoms with Crippen molar-refractivity contribution < 1.29 is 9.47 Å². The van der Waals surface area contributed by atoms with Gasteiger partial charge in [-0.1, -0.05) is 12.1 Å². The van der Waals surface area contributed by atoms with E-state index in [0.717, 1.165) is 44.1 Å². The first-order valence-electron chi connectivity index (χ1n) is 10.1. The number of hydrogen-bond acceptors (Lipinski definition) is 5. The molecule has 2 aromatic carbocycles. The van der Waals surface area contributed by atoms with Crippen molar-refractivity contribution >= 4 is 29.9 Å². The molecular weight excluding hydrogens is 404 g/mol. The molecule has 160 valence electrons. The van der Waals surface area contributed by atoms with Crippen molar-refractivity contribution in [2.45, 2.75) is 24.2 Å². The second kappa shape index (κ2) is 12.2. The molecule has 0 saturated carbocycles. The fourth-order valence-electron chi connectivity index (χ4n) is 3.74. The highest BCUT2D eigenvalue weighted by atomic mass is 35.5. The first-order valence-corrected chi connectivity index (χ1v) is 11.3. The van der Waals surface area contributed by atoms with Crippen LogP contribution in [0.25, 0.3) is 0 Å². The lowest BCUT2D eigenvalue weighted by Crippen LogP contribution is -2.46. The van der Waals surface area contributed by atoms with E-state index >= 15 is 0 Å². The fraction of sp³-hybridized carbons (Fsp3) is 0.478. The van der Waals surface area contributed by atoms with Gasteiger partial charge < -0.3 is 14.4 Å². The lowest BCUT2D eigenvalue weighted by Gasteiger charge is -2.36. The van der Waals surface area contributed by atoms with Gasteiger partial charge in [0.05, 0.1) is 14.2 Å². The number of anilines is 1. The lowest BCUT2D eigenvalue weighted by atomic mass is 10.1. The number of thioether (sulfide) groups is 1. The Morgan fingerprint density at radius 2 is 1.66 bits per heavy atom. The summed E-state index contributed by atoms with van der Waals surface area (Å²) >= 11 is 1.81. The maximum absolute atomic E-state index is 5.40. The van der Waals surface area contributed by atoms with Crippen molar-refractivity contribution in [3.05, 3.63) is 48.0 Å². The van der Waals surface area contributed by atoms with Crippen LogP contribution >= 0.6 is 24.2 Å². The van der Waals surface area contributed by atoms with Gasteiger partial charge in [-0.05, 0) is 68.0 Å². The van der Waals surface area contributed by atoms with E-state index < -0.39 is 0 Å². The summed E-state index contributed by atoms with van der Waals surface area (Å²) in [6, 6.07) is 15.1. The van der Waals surface area contributed by atoms with Crippen LogP contribution in [0.5, 0.6) is 11.5 Å². The van der Waals surface area contributed by atoms with Gasteiger partial charge in [0, 0.05) is 36.8 Å². The number of aryl methyl sites for hydroxylation is 1. The van der Waals surface area contributed by atoms with Crippen LogP contribution in [0.1, 0.15) is 18.4 Å². The summed E-state index contributed by atoms with van der Waals surface area (Å²) in [5, 5.41) is 0. The Bertz CT molecular complexity index is 751. The van der Waals surface area contributed by atoms with Crippen LogP contribution in [-0.4, -0.2) is 58.1 Å². The van der Waals surface area contributed by atoms with Gasteiger partial charge in [-0.2, -0.15) is 0 Å². The molecule has 3 rings (SSSR count). The Balaban J connectivity index is 0.00000300. The van der Waals surface area contributed by atoms with Gasteiger partial charge >= 0.3 is 0 Å². The zero-order valence-electron chi connectivity index (χ0n) is 17.7. The topological polar surface area (TPSA) is 24.9 Å². The number of ether oxygens (including phenoxy) is 2. The third-order valence-corrected chi connectivity index (χ3v) is 6.15. The molecule has 29 heavy (non-hydrogen) atoms. The number of methoxy groups -OCH3 is 2. The number of benzene rings is 2. The summed E-state index contributed by atoms with van der Waals surface area (Å²) in [5.74, 6) is 1.62. The number of hydrogen-bond donors (Lipinski definition) is 0. The monoisotopic (exact) mass is 436 g/mol. The molecule has 0 bridgehead atoms. The highest BCUT2D eigenvalue weighted by molar-refractivity contribution is 7.98.